The normalized spacial score (nSPS) is 11.0. The third-order valence-electron chi connectivity index (χ3n) is 3.43. The van der Waals surface area contributed by atoms with E-state index in [0.717, 1.165) is 27.7 Å². The zero-order valence-electron chi connectivity index (χ0n) is 11.9. The van der Waals surface area contributed by atoms with Crippen LogP contribution in [-0.4, -0.2) is 15.3 Å². The van der Waals surface area contributed by atoms with Crippen LogP contribution in [0.4, 0.5) is 5.69 Å². The summed E-state index contributed by atoms with van der Waals surface area (Å²) >= 11 is 1.39. The minimum Gasteiger partial charge on any atom is -0.325 e. The lowest BCUT2D eigenvalue weighted by atomic mass is 10.3. The van der Waals surface area contributed by atoms with Crippen LogP contribution in [0.5, 0.6) is 0 Å². The van der Waals surface area contributed by atoms with E-state index in [9.17, 15) is 4.79 Å². The van der Waals surface area contributed by atoms with Gasteiger partial charge >= 0.3 is 0 Å². The van der Waals surface area contributed by atoms with E-state index in [1.807, 2.05) is 48.6 Å². The second-order valence-corrected chi connectivity index (χ2v) is 5.78. The number of hydrogen-bond donors (Lipinski definition) is 2. The second kappa shape index (κ2) is 5.31. The van der Waals surface area contributed by atoms with Crippen molar-refractivity contribution < 1.29 is 4.79 Å². The topological polar surface area (TPSA) is 72.4 Å². The molecule has 21 heavy (non-hydrogen) atoms. The maximum atomic E-state index is 12.4. The first-order valence-electron chi connectivity index (χ1n) is 6.65. The number of para-hydroxylation sites is 1. The Balaban J connectivity index is 1.99. The Morgan fingerprint density at radius 3 is 2.71 bits per heavy atom. The van der Waals surface area contributed by atoms with Gasteiger partial charge in [0.25, 0.3) is 5.91 Å². The molecule has 5 nitrogen and oxygen atoms in total. The van der Waals surface area contributed by atoms with Gasteiger partial charge in [-0.2, -0.15) is 0 Å². The number of anilines is 1. The van der Waals surface area contributed by atoms with E-state index in [4.69, 9.17) is 5.73 Å². The molecule has 0 atom stereocenters. The van der Waals surface area contributed by atoms with E-state index in [1.165, 1.54) is 11.3 Å². The van der Waals surface area contributed by atoms with E-state index in [2.05, 4.69) is 10.3 Å². The SMILES string of the molecule is Cc1nc2sc(C(=O)Nc3ccccc3)c(C)n2c1CN. The predicted octanol–water partition coefficient (Wildman–Crippen LogP) is 2.72. The van der Waals surface area contributed by atoms with Crippen LogP contribution in [0.2, 0.25) is 0 Å². The number of thiazole rings is 1. The molecule has 3 aromatic rings. The van der Waals surface area contributed by atoms with E-state index in [-0.39, 0.29) is 5.91 Å². The molecule has 1 aromatic carbocycles. The Hall–Kier alpha value is -2.18. The van der Waals surface area contributed by atoms with Gasteiger partial charge in [-0.25, -0.2) is 4.98 Å². The highest BCUT2D eigenvalue weighted by Gasteiger charge is 2.20. The summed E-state index contributed by atoms with van der Waals surface area (Å²) in [5.41, 5.74) is 9.32. The molecular formula is C15H16N4OS. The Morgan fingerprint density at radius 1 is 1.33 bits per heavy atom. The fourth-order valence-corrected chi connectivity index (χ4v) is 3.46. The van der Waals surface area contributed by atoms with Crippen LogP contribution < -0.4 is 11.1 Å². The molecule has 0 saturated heterocycles. The molecule has 6 heteroatoms. The lowest BCUT2D eigenvalue weighted by Crippen LogP contribution is -2.12. The number of aromatic nitrogens is 2. The van der Waals surface area contributed by atoms with Gasteiger partial charge in [0.15, 0.2) is 4.96 Å². The maximum absolute atomic E-state index is 12.4. The van der Waals surface area contributed by atoms with E-state index < -0.39 is 0 Å². The number of nitrogens with zero attached hydrogens (tertiary/aromatic N) is 2. The standard InChI is InChI=1S/C15H16N4OS/c1-9-12(8-16)19-10(2)13(21-15(19)17-9)14(20)18-11-6-4-3-5-7-11/h3-7H,8,16H2,1-2H3,(H,18,20). The number of fused-ring (bicyclic) bond motifs is 1. The number of nitrogens with one attached hydrogen (secondary N) is 1. The van der Waals surface area contributed by atoms with Gasteiger partial charge in [-0.1, -0.05) is 29.5 Å². The van der Waals surface area contributed by atoms with Gasteiger partial charge in [-0.15, -0.1) is 0 Å². The van der Waals surface area contributed by atoms with Gasteiger partial charge < -0.3 is 11.1 Å². The zero-order chi connectivity index (χ0) is 15.0. The smallest absolute Gasteiger partial charge is 0.267 e. The molecule has 0 aliphatic carbocycles. The number of aryl methyl sites for hydroxylation is 2. The third-order valence-corrected chi connectivity index (χ3v) is 4.57. The minimum atomic E-state index is -0.116. The van der Waals surface area contributed by atoms with Crippen molar-refractivity contribution in [2.45, 2.75) is 20.4 Å². The fourth-order valence-electron chi connectivity index (χ4n) is 2.38. The van der Waals surface area contributed by atoms with E-state index >= 15 is 0 Å². The monoisotopic (exact) mass is 300 g/mol. The molecule has 2 aromatic heterocycles. The van der Waals surface area contributed by atoms with Crippen molar-refractivity contribution in [3.8, 4) is 0 Å². The van der Waals surface area contributed by atoms with Crippen LogP contribution in [0.1, 0.15) is 26.8 Å². The van der Waals surface area contributed by atoms with Crippen molar-refractivity contribution in [2.24, 2.45) is 5.73 Å². The first-order chi connectivity index (χ1) is 10.1. The van der Waals surface area contributed by atoms with Crippen LogP contribution >= 0.6 is 11.3 Å². The van der Waals surface area contributed by atoms with Crippen LogP contribution in [0, 0.1) is 13.8 Å². The summed E-state index contributed by atoms with van der Waals surface area (Å²) in [5.74, 6) is -0.116. The van der Waals surface area contributed by atoms with Crippen molar-refractivity contribution in [3.05, 3.63) is 52.3 Å². The first-order valence-corrected chi connectivity index (χ1v) is 7.47. The van der Waals surface area contributed by atoms with Crippen molar-refractivity contribution >= 4 is 27.9 Å². The van der Waals surface area contributed by atoms with Gasteiger partial charge in [-0.3, -0.25) is 9.20 Å². The highest BCUT2D eigenvalue weighted by atomic mass is 32.1. The lowest BCUT2D eigenvalue weighted by Gasteiger charge is -2.04. The summed E-state index contributed by atoms with van der Waals surface area (Å²) in [5, 5.41) is 2.90. The van der Waals surface area contributed by atoms with Crippen molar-refractivity contribution in [3.63, 3.8) is 0 Å². The molecule has 3 rings (SSSR count). The number of nitrogens with two attached hydrogens (primary N) is 1. The molecule has 0 radical (unpaired) electrons. The highest BCUT2D eigenvalue weighted by molar-refractivity contribution is 7.19. The summed E-state index contributed by atoms with van der Waals surface area (Å²) in [7, 11) is 0. The number of hydrogen-bond acceptors (Lipinski definition) is 4. The number of imidazole rings is 1. The molecule has 0 fully saturated rings. The quantitative estimate of drug-likeness (QED) is 0.781. The molecule has 0 aliphatic rings. The van der Waals surface area contributed by atoms with Crippen molar-refractivity contribution in [1.29, 1.82) is 0 Å². The summed E-state index contributed by atoms with van der Waals surface area (Å²) in [6, 6.07) is 9.42. The van der Waals surface area contributed by atoms with Gasteiger partial charge in [0.1, 0.15) is 4.88 Å². The molecule has 0 unspecified atom stereocenters. The summed E-state index contributed by atoms with van der Waals surface area (Å²) in [6.07, 6.45) is 0. The number of carbonyl (C=O) groups excluding carboxylic acids is 1. The number of carbonyl (C=O) groups is 1. The molecule has 2 heterocycles. The van der Waals surface area contributed by atoms with Gasteiger partial charge in [0, 0.05) is 17.9 Å². The molecule has 0 bridgehead atoms. The molecule has 108 valence electrons. The summed E-state index contributed by atoms with van der Waals surface area (Å²) in [6.45, 7) is 4.26. The van der Waals surface area contributed by atoms with Gasteiger partial charge in [0.2, 0.25) is 0 Å². The Labute approximate surface area is 126 Å². The number of benzene rings is 1. The predicted molar refractivity (Wildman–Crippen MR) is 84.8 cm³/mol. The number of rotatable bonds is 3. The van der Waals surface area contributed by atoms with Crippen LogP contribution in [0.15, 0.2) is 30.3 Å². The molecule has 0 aliphatic heterocycles. The highest BCUT2D eigenvalue weighted by Crippen LogP contribution is 2.26. The Morgan fingerprint density at radius 2 is 2.05 bits per heavy atom. The van der Waals surface area contributed by atoms with Crippen molar-refractivity contribution in [1.82, 2.24) is 9.38 Å². The van der Waals surface area contributed by atoms with Crippen LogP contribution in [0.3, 0.4) is 0 Å². The number of amides is 1. The van der Waals surface area contributed by atoms with Crippen molar-refractivity contribution in [2.75, 3.05) is 5.32 Å². The van der Waals surface area contributed by atoms with Gasteiger partial charge in [-0.05, 0) is 26.0 Å². The van der Waals surface area contributed by atoms with Gasteiger partial charge in [0.05, 0.1) is 11.4 Å². The zero-order valence-corrected chi connectivity index (χ0v) is 12.7. The first kappa shape index (κ1) is 13.8. The molecule has 0 saturated carbocycles. The summed E-state index contributed by atoms with van der Waals surface area (Å²) in [4.78, 5) is 18.4. The average Bonchev–Trinajstić information content (AvgIpc) is 2.95. The van der Waals surface area contributed by atoms with Crippen LogP contribution in [0.25, 0.3) is 4.96 Å². The third kappa shape index (κ3) is 2.32. The largest absolute Gasteiger partial charge is 0.325 e. The Bertz CT molecular complexity index is 804. The average molecular weight is 300 g/mol. The molecule has 3 N–H and O–H groups in total. The van der Waals surface area contributed by atoms with Crippen LogP contribution in [-0.2, 0) is 6.54 Å². The molecule has 0 spiro atoms. The molecular weight excluding hydrogens is 284 g/mol. The molecule has 1 amide bonds. The fraction of sp³-hybridized carbons (Fsp3) is 0.200. The maximum Gasteiger partial charge on any atom is 0.267 e. The van der Waals surface area contributed by atoms with E-state index in [0.29, 0.717) is 11.4 Å². The Kier molecular flexibility index (Phi) is 3.48. The summed E-state index contributed by atoms with van der Waals surface area (Å²) < 4.78 is 1.97. The second-order valence-electron chi connectivity index (χ2n) is 4.80. The minimum absolute atomic E-state index is 0.116. The lowest BCUT2D eigenvalue weighted by molar-refractivity contribution is 0.102. The van der Waals surface area contributed by atoms with E-state index in [1.54, 1.807) is 0 Å².